The Morgan fingerprint density at radius 3 is 2.96 bits per heavy atom. The molecule has 2 N–H and O–H groups in total. The van der Waals surface area contributed by atoms with Crippen molar-refractivity contribution in [3.8, 4) is 0 Å². The van der Waals surface area contributed by atoms with Gasteiger partial charge in [-0.1, -0.05) is 6.07 Å². The van der Waals surface area contributed by atoms with E-state index in [1.54, 1.807) is 21.8 Å². The standard InChI is InChI=1S/C18H21N5O3/c1-12-4-2-5-17-19-15(10-22(12)17)18(26)21-6-3-7-23-13(9-21)8-14(20-23)16(25)11-24/h2,4-5,8,10,16,24-25H,3,6-7,9,11H2,1H3/t16-/m0/s1. The van der Waals surface area contributed by atoms with Crippen LogP contribution in [0, 0.1) is 6.92 Å². The molecule has 0 saturated heterocycles. The van der Waals surface area contributed by atoms with E-state index in [2.05, 4.69) is 10.1 Å². The topological polar surface area (TPSA) is 95.9 Å². The predicted molar refractivity (Wildman–Crippen MR) is 93.6 cm³/mol. The van der Waals surface area contributed by atoms with Gasteiger partial charge in [0, 0.05) is 25.0 Å². The molecule has 26 heavy (non-hydrogen) atoms. The van der Waals surface area contributed by atoms with Crippen molar-refractivity contribution in [1.29, 1.82) is 0 Å². The van der Waals surface area contributed by atoms with Crippen molar-refractivity contribution in [2.75, 3.05) is 13.2 Å². The summed E-state index contributed by atoms with van der Waals surface area (Å²) in [5, 5.41) is 23.2. The van der Waals surface area contributed by atoms with E-state index in [-0.39, 0.29) is 12.5 Å². The molecule has 1 amide bonds. The van der Waals surface area contributed by atoms with Gasteiger partial charge in [-0.25, -0.2) is 4.98 Å². The van der Waals surface area contributed by atoms with Gasteiger partial charge in [-0.2, -0.15) is 5.10 Å². The zero-order valence-electron chi connectivity index (χ0n) is 14.5. The highest BCUT2D eigenvalue weighted by atomic mass is 16.3. The number of pyridine rings is 1. The number of imidazole rings is 1. The van der Waals surface area contributed by atoms with Crippen LogP contribution in [0.2, 0.25) is 0 Å². The summed E-state index contributed by atoms with van der Waals surface area (Å²) in [5.74, 6) is -0.119. The van der Waals surface area contributed by atoms with E-state index < -0.39 is 6.10 Å². The minimum absolute atomic E-state index is 0.119. The highest BCUT2D eigenvalue weighted by Gasteiger charge is 2.24. The number of aromatic nitrogens is 4. The van der Waals surface area contributed by atoms with E-state index in [9.17, 15) is 9.90 Å². The summed E-state index contributed by atoms with van der Waals surface area (Å²) in [6, 6.07) is 7.52. The number of fused-ring (bicyclic) bond motifs is 2. The lowest BCUT2D eigenvalue weighted by atomic mass is 10.2. The van der Waals surface area contributed by atoms with Gasteiger partial charge in [0.15, 0.2) is 0 Å². The monoisotopic (exact) mass is 355 g/mol. The number of aliphatic hydroxyl groups excluding tert-OH is 2. The Labute approximate surface area is 150 Å². The maximum atomic E-state index is 13.0. The fourth-order valence-electron chi connectivity index (χ4n) is 3.33. The van der Waals surface area contributed by atoms with Crippen LogP contribution in [-0.2, 0) is 13.1 Å². The molecule has 0 fully saturated rings. The van der Waals surface area contributed by atoms with Crippen LogP contribution >= 0.6 is 0 Å². The normalized spacial score (nSPS) is 15.7. The molecule has 8 heteroatoms. The van der Waals surface area contributed by atoms with Gasteiger partial charge in [0.1, 0.15) is 17.4 Å². The molecule has 0 aliphatic carbocycles. The average molecular weight is 355 g/mol. The van der Waals surface area contributed by atoms with Crippen LogP contribution in [0.5, 0.6) is 0 Å². The zero-order chi connectivity index (χ0) is 18.3. The minimum Gasteiger partial charge on any atom is -0.393 e. The minimum atomic E-state index is -1.00. The van der Waals surface area contributed by atoms with Gasteiger partial charge in [-0.15, -0.1) is 0 Å². The first-order chi connectivity index (χ1) is 12.6. The molecule has 136 valence electrons. The van der Waals surface area contributed by atoms with Gasteiger partial charge in [0.25, 0.3) is 5.91 Å². The fraction of sp³-hybridized carbons (Fsp3) is 0.389. The Morgan fingerprint density at radius 1 is 1.35 bits per heavy atom. The SMILES string of the molecule is Cc1cccc2nc(C(=O)N3CCCn4nc([C@@H](O)CO)cc4C3)cn12. The van der Waals surface area contributed by atoms with E-state index in [1.165, 1.54) is 0 Å². The lowest BCUT2D eigenvalue weighted by molar-refractivity contribution is 0.0740. The Bertz CT molecular complexity index is 961. The molecule has 0 saturated carbocycles. The second-order valence-corrected chi connectivity index (χ2v) is 6.58. The maximum Gasteiger partial charge on any atom is 0.274 e. The van der Waals surface area contributed by atoms with Crippen molar-refractivity contribution in [3.05, 3.63) is 53.2 Å². The summed E-state index contributed by atoms with van der Waals surface area (Å²) in [6.45, 7) is 3.28. The number of carbonyl (C=O) groups excluding carboxylic acids is 1. The van der Waals surface area contributed by atoms with Gasteiger partial charge in [-0.3, -0.25) is 9.48 Å². The maximum absolute atomic E-state index is 13.0. The van der Waals surface area contributed by atoms with Crippen LogP contribution < -0.4 is 0 Å². The summed E-state index contributed by atoms with van der Waals surface area (Å²) in [7, 11) is 0. The van der Waals surface area contributed by atoms with Crippen LogP contribution in [0.3, 0.4) is 0 Å². The van der Waals surface area contributed by atoms with Crippen LogP contribution in [0.15, 0.2) is 30.5 Å². The molecule has 1 atom stereocenters. The van der Waals surface area contributed by atoms with Gasteiger partial charge >= 0.3 is 0 Å². The Kier molecular flexibility index (Phi) is 4.21. The first-order valence-electron chi connectivity index (χ1n) is 8.66. The second-order valence-electron chi connectivity index (χ2n) is 6.58. The molecule has 4 heterocycles. The summed E-state index contributed by atoms with van der Waals surface area (Å²) < 4.78 is 3.71. The molecule has 3 aromatic rings. The Morgan fingerprint density at radius 2 is 2.19 bits per heavy atom. The number of hydrogen-bond acceptors (Lipinski definition) is 5. The third kappa shape index (κ3) is 2.87. The smallest absolute Gasteiger partial charge is 0.274 e. The van der Waals surface area contributed by atoms with E-state index in [1.807, 2.05) is 29.5 Å². The highest BCUT2D eigenvalue weighted by Crippen LogP contribution is 2.20. The molecular weight excluding hydrogens is 334 g/mol. The summed E-state index contributed by atoms with van der Waals surface area (Å²) in [5.41, 5.74) is 3.47. The number of carbonyl (C=O) groups is 1. The Balaban J connectivity index is 1.61. The van der Waals surface area contributed by atoms with Crippen LogP contribution in [-0.4, -0.2) is 53.3 Å². The van der Waals surface area contributed by atoms with Crippen molar-refractivity contribution >= 4 is 11.6 Å². The largest absolute Gasteiger partial charge is 0.393 e. The lowest BCUT2D eigenvalue weighted by Gasteiger charge is -2.18. The van der Waals surface area contributed by atoms with Gasteiger partial charge in [-0.05, 0) is 31.5 Å². The molecular formula is C18H21N5O3. The highest BCUT2D eigenvalue weighted by molar-refractivity contribution is 5.93. The molecule has 0 bridgehead atoms. The molecule has 0 unspecified atom stereocenters. The predicted octanol–water partition coefficient (Wildman–Crippen LogP) is 0.911. The fourth-order valence-corrected chi connectivity index (χ4v) is 3.33. The van der Waals surface area contributed by atoms with Crippen molar-refractivity contribution < 1.29 is 15.0 Å². The molecule has 0 aromatic carbocycles. The summed E-state index contributed by atoms with van der Waals surface area (Å²) in [4.78, 5) is 19.2. The number of hydrogen-bond donors (Lipinski definition) is 2. The molecule has 3 aromatic heterocycles. The van der Waals surface area contributed by atoms with Crippen molar-refractivity contribution in [2.24, 2.45) is 0 Å². The molecule has 1 aliphatic rings. The van der Waals surface area contributed by atoms with Crippen LogP contribution in [0.1, 0.15) is 40.1 Å². The zero-order valence-corrected chi connectivity index (χ0v) is 14.5. The van der Waals surface area contributed by atoms with E-state index in [0.29, 0.717) is 31.0 Å². The number of amides is 1. The molecule has 0 radical (unpaired) electrons. The van der Waals surface area contributed by atoms with Crippen molar-refractivity contribution in [1.82, 2.24) is 24.1 Å². The molecule has 4 rings (SSSR count). The van der Waals surface area contributed by atoms with Gasteiger partial charge in [0.2, 0.25) is 0 Å². The lowest BCUT2D eigenvalue weighted by Crippen LogP contribution is -2.31. The number of nitrogens with zero attached hydrogens (tertiary/aromatic N) is 5. The summed E-state index contributed by atoms with van der Waals surface area (Å²) >= 11 is 0. The third-order valence-electron chi connectivity index (χ3n) is 4.75. The number of rotatable bonds is 3. The first kappa shape index (κ1) is 16.7. The van der Waals surface area contributed by atoms with Crippen LogP contribution in [0.4, 0.5) is 0 Å². The van der Waals surface area contributed by atoms with Gasteiger partial charge in [0.05, 0.1) is 24.5 Å². The number of aliphatic hydroxyl groups is 2. The third-order valence-corrected chi connectivity index (χ3v) is 4.75. The van der Waals surface area contributed by atoms with E-state index >= 15 is 0 Å². The number of aryl methyl sites for hydroxylation is 2. The average Bonchev–Trinajstić information content (AvgIpc) is 3.20. The molecule has 8 nitrogen and oxygen atoms in total. The molecule has 0 spiro atoms. The first-order valence-corrected chi connectivity index (χ1v) is 8.66. The van der Waals surface area contributed by atoms with E-state index in [4.69, 9.17) is 5.11 Å². The Hall–Kier alpha value is -2.71. The van der Waals surface area contributed by atoms with Crippen molar-refractivity contribution in [3.63, 3.8) is 0 Å². The second kappa shape index (κ2) is 6.54. The van der Waals surface area contributed by atoms with E-state index in [0.717, 1.165) is 23.5 Å². The quantitative estimate of drug-likeness (QED) is 0.728. The van der Waals surface area contributed by atoms with Crippen molar-refractivity contribution in [2.45, 2.75) is 32.5 Å². The van der Waals surface area contributed by atoms with Crippen LogP contribution in [0.25, 0.3) is 5.65 Å². The molecule has 1 aliphatic heterocycles. The summed E-state index contributed by atoms with van der Waals surface area (Å²) in [6.07, 6.45) is 1.54. The van der Waals surface area contributed by atoms with Gasteiger partial charge < -0.3 is 19.5 Å².